The van der Waals surface area contributed by atoms with E-state index >= 15 is 0 Å². The molecule has 1 saturated heterocycles. The first-order chi connectivity index (χ1) is 10.3. The number of hydrogen-bond acceptors (Lipinski definition) is 4. The van der Waals surface area contributed by atoms with Gasteiger partial charge in [-0.2, -0.15) is 0 Å². The van der Waals surface area contributed by atoms with Crippen molar-refractivity contribution < 1.29 is 9.59 Å². The van der Waals surface area contributed by atoms with E-state index in [0.717, 1.165) is 50.1 Å². The summed E-state index contributed by atoms with van der Waals surface area (Å²) in [6.45, 7) is 1.33. The fraction of sp³-hybridized carbons (Fsp3) is 0.667. The lowest BCUT2D eigenvalue weighted by Gasteiger charge is -2.34. The van der Waals surface area contributed by atoms with Crippen LogP contribution in [0.1, 0.15) is 37.1 Å². The second-order valence-electron chi connectivity index (χ2n) is 5.78. The Bertz CT molecular complexity index is 499. The molecule has 0 aromatic carbocycles. The summed E-state index contributed by atoms with van der Waals surface area (Å²) >= 11 is 1.60. The largest absolute Gasteiger partial charge is 0.354 e. The van der Waals surface area contributed by atoms with E-state index in [1.54, 1.807) is 17.5 Å². The van der Waals surface area contributed by atoms with E-state index in [-0.39, 0.29) is 23.8 Å². The summed E-state index contributed by atoms with van der Waals surface area (Å²) in [6, 6.07) is -0.261. The highest BCUT2D eigenvalue weighted by Gasteiger charge is 2.39. The molecule has 1 atom stereocenters. The quantitative estimate of drug-likeness (QED) is 0.898. The van der Waals surface area contributed by atoms with Crippen LogP contribution in [0.5, 0.6) is 0 Å². The van der Waals surface area contributed by atoms with Gasteiger partial charge < -0.3 is 10.2 Å². The minimum atomic E-state index is -0.261. The van der Waals surface area contributed by atoms with Crippen molar-refractivity contribution in [2.75, 3.05) is 13.1 Å². The first kappa shape index (κ1) is 14.5. The molecule has 2 amide bonds. The van der Waals surface area contributed by atoms with Crippen molar-refractivity contribution in [1.29, 1.82) is 0 Å². The zero-order chi connectivity index (χ0) is 14.7. The standard InChI is InChI=1S/C15H21N3O2S/c19-14(17-7-6-13-16-8-10-21-13)12-3-1-2-9-18(12)15(20)11-4-5-11/h8,10-12H,1-7,9H2,(H,17,19). The monoisotopic (exact) mass is 307 g/mol. The molecule has 1 unspecified atom stereocenters. The summed E-state index contributed by atoms with van der Waals surface area (Å²) in [4.78, 5) is 30.7. The number of amides is 2. The highest BCUT2D eigenvalue weighted by atomic mass is 32.1. The fourth-order valence-electron chi connectivity index (χ4n) is 2.82. The first-order valence-electron chi connectivity index (χ1n) is 7.72. The van der Waals surface area contributed by atoms with Crippen molar-refractivity contribution >= 4 is 23.2 Å². The van der Waals surface area contributed by atoms with Crippen LogP contribution in [0, 0.1) is 5.92 Å². The third-order valence-corrected chi connectivity index (χ3v) is 4.98. The van der Waals surface area contributed by atoms with Crippen LogP contribution in [0.25, 0.3) is 0 Å². The number of carbonyl (C=O) groups is 2. The van der Waals surface area contributed by atoms with E-state index in [2.05, 4.69) is 10.3 Å². The number of likely N-dealkylation sites (tertiary alicyclic amines) is 1. The van der Waals surface area contributed by atoms with Gasteiger partial charge in [0.1, 0.15) is 6.04 Å². The first-order valence-corrected chi connectivity index (χ1v) is 8.60. The smallest absolute Gasteiger partial charge is 0.242 e. The summed E-state index contributed by atoms with van der Waals surface area (Å²) in [7, 11) is 0. The maximum atomic E-state index is 12.4. The van der Waals surface area contributed by atoms with Gasteiger partial charge in [-0.25, -0.2) is 4.98 Å². The normalized spacial score (nSPS) is 22.1. The molecular formula is C15H21N3O2S. The summed E-state index contributed by atoms with van der Waals surface area (Å²) in [5.74, 6) is 0.378. The number of nitrogens with one attached hydrogen (secondary N) is 1. The van der Waals surface area contributed by atoms with Gasteiger partial charge in [-0.3, -0.25) is 9.59 Å². The predicted molar refractivity (Wildman–Crippen MR) is 80.9 cm³/mol. The van der Waals surface area contributed by atoms with Crippen molar-refractivity contribution in [3.8, 4) is 0 Å². The summed E-state index contributed by atoms with van der Waals surface area (Å²) in [5, 5.41) is 5.94. The number of piperidine rings is 1. The van der Waals surface area contributed by atoms with Crippen molar-refractivity contribution in [3.05, 3.63) is 16.6 Å². The molecule has 21 heavy (non-hydrogen) atoms. The average molecular weight is 307 g/mol. The average Bonchev–Trinajstić information content (AvgIpc) is 3.24. The van der Waals surface area contributed by atoms with E-state index in [0.29, 0.717) is 6.54 Å². The van der Waals surface area contributed by atoms with Crippen LogP contribution in [-0.4, -0.2) is 40.8 Å². The van der Waals surface area contributed by atoms with Crippen molar-refractivity contribution in [3.63, 3.8) is 0 Å². The molecular weight excluding hydrogens is 286 g/mol. The Morgan fingerprint density at radius 1 is 1.33 bits per heavy atom. The van der Waals surface area contributed by atoms with Gasteiger partial charge in [0.05, 0.1) is 5.01 Å². The van der Waals surface area contributed by atoms with E-state index in [1.165, 1.54) is 0 Å². The Morgan fingerprint density at radius 3 is 2.90 bits per heavy atom. The maximum Gasteiger partial charge on any atom is 0.242 e. The third kappa shape index (κ3) is 3.61. The number of aromatic nitrogens is 1. The molecule has 1 N–H and O–H groups in total. The van der Waals surface area contributed by atoms with Crippen LogP contribution in [0.4, 0.5) is 0 Å². The molecule has 1 aromatic heterocycles. The van der Waals surface area contributed by atoms with Gasteiger partial charge in [-0.15, -0.1) is 11.3 Å². The Kier molecular flexibility index (Phi) is 4.53. The minimum Gasteiger partial charge on any atom is -0.354 e. The van der Waals surface area contributed by atoms with E-state index < -0.39 is 0 Å². The van der Waals surface area contributed by atoms with Crippen LogP contribution in [0.3, 0.4) is 0 Å². The second-order valence-corrected chi connectivity index (χ2v) is 6.76. The molecule has 0 radical (unpaired) electrons. The van der Waals surface area contributed by atoms with Crippen LogP contribution < -0.4 is 5.32 Å². The van der Waals surface area contributed by atoms with Crippen LogP contribution >= 0.6 is 11.3 Å². The minimum absolute atomic E-state index is 0.000237. The third-order valence-electron chi connectivity index (χ3n) is 4.14. The molecule has 5 nitrogen and oxygen atoms in total. The Morgan fingerprint density at radius 2 is 2.19 bits per heavy atom. The number of hydrogen-bond donors (Lipinski definition) is 1. The molecule has 0 spiro atoms. The molecule has 1 aliphatic carbocycles. The molecule has 2 fully saturated rings. The number of nitrogens with zero attached hydrogens (tertiary/aromatic N) is 2. The predicted octanol–water partition coefficient (Wildman–Crippen LogP) is 1.59. The molecule has 3 rings (SSSR count). The van der Waals surface area contributed by atoms with Gasteiger partial charge in [0.25, 0.3) is 0 Å². The summed E-state index contributed by atoms with van der Waals surface area (Å²) < 4.78 is 0. The van der Waals surface area contributed by atoms with E-state index in [4.69, 9.17) is 0 Å². The second kappa shape index (κ2) is 6.56. The lowest BCUT2D eigenvalue weighted by atomic mass is 10.0. The molecule has 1 aliphatic heterocycles. The molecule has 1 saturated carbocycles. The van der Waals surface area contributed by atoms with Crippen LogP contribution in [0.15, 0.2) is 11.6 Å². The van der Waals surface area contributed by atoms with Gasteiger partial charge in [-0.05, 0) is 32.1 Å². The van der Waals surface area contributed by atoms with Crippen LogP contribution in [-0.2, 0) is 16.0 Å². The van der Waals surface area contributed by atoms with Crippen molar-refractivity contribution in [1.82, 2.24) is 15.2 Å². The zero-order valence-electron chi connectivity index (χ0n) is 12.1. The number of rotatable bonds is 5. The fourth-order valence-corrected chi connectivity index (χ4v) is 3.44. The molecule has 114 valence electrons. The molecule has 1 aromatic rings. The van der Waals surface area contributed by atoms with Gasteiger partial charge in [-0.1, -0.05) is 0 Å². The summed E-state index contributed by atoms with van der Waals surface area (Å²) in [6.07, 6.45) is 7.36. The lowest BCUT2D eigenvalue weighted by molar-refractivity contribution is -0.143. The van der Waals surface area contributed by atoms with Crippen molar-refractivity contribution in [2.45, 2.75) is 44.6 Å². The van der Waals surface area contributed by atoms with Gasteiger partial charge in [0.15, 0.2) is 0 Å². The molecule has 0 bridgehead atoms. The van der Waals surface area contributed by atoms with Gasteiger partial charge in [0.2, 0.25) is 11.8 Å². The Hall–Kier alpha value is -1.43. The van der Waals surface area contributed by atoms with E-state index in [1.807, 2.05) is 10.3 Å². The SMILES string of the molecule is O=C(NCCc1nccs1)C1CCCCN1C(=O)C1CC1. The van der Waals surface area contributed by atoms with Crippen molar-refractivity contribution in [2.24, 2.45) is 5.92 Å². The molecule has 2 aliphatic rings. The highest BCUT2D eigenvalue weighted by Crippen LogP contribution is 2.33. The summed E-state index contributed by atoms with van der Waals surface area (Å²) in [5.41, 5.74) is 0. The Labute approximate surface area is 128 Å². The topological polar surface area (TPSA) is 62.3 Å². The molecule has 6 heteroatoms. The molecule has 2 heterocycles. The van der Waals surface area contributed by atoms with E-state index in [9.17, 15) is 9.59 Å². The highest BCUT2D eigenvalue weighted by molar-refractivity contribution is 7.09. The van der Waals surface area contributed by atoms with Gasteiger partial charge >= 0.3 is 0 Å². The Balaban J connectivity index is 1.52. The number of thiazole rings is 1. The number of carbonyl (C=O) groups excluding carboxylic acids is 2. The maximum absolute atomic E-state index is 12.4. The van der Waals surface area contributed by atoms with Gasteiger partial charge in [0, 0.05) is 37.0 Å². The van der Waals surface area contributed by atoms with Crippen LogP contribution in [0.2, 0.25) is 0 Å². The zero-order valence-corrected chi connectivity index (χ0v) is 12.9. The lowest BCUT2D eigenvalue weighted by Crippen LogP contribution is -2.52.